The summed E-state index contributed by atoms with van der Waals surface area (Å²) in [5, 5.41) is 3.27. The number of halogens is 3. The number of alkyl halides is 3. The van der Waals surface area contributed by atoms with E-state index in [9.17, 15) is 18.0 Å². The summed E-state index contributed by atoms with van der Waals surface area (Å²) in [6.07, 6.45) is -3.55. The van der Waals surface area contributed by atoms with Gasteiger partial charge >= 0.3 is 6.18 Å². The van der Waals surface area contributed by atoms with Gasteiger partial charge < -0.3 is 11.1 Å². The number of carbonyl (C=O) groups excluding carboxylic acids is 1. The van der Waals surface area contributed by atoms with Crippen LogP contribution in [0.2, 0.25) is 0 Å². The van der Waals surface area contributed by atoms with Crippen molar-refractivity contribution in [3.05, 3.63) is 35.4 Å². The van der Waals surface area contributed by atoms with Crippen molar-refractivity contribution in [3.8, 4) is 0 Å². The number of nitrogens with one attached hydrogen (secondary N) is 1. The predicted molar refractivity (Wildman–Crippen MR) is 73.2 cm³/mol. The van der Waals surface area contributed by atoms with Crippen LogP contribution in [-0.2, 0) is 11.0 Å². The highest BCUT2D eigenvalue weighted by atomic mass is 19.4. The van der Waals surface area contributed by atoms with E-state index in [1.54, 1.807) is 0 Å². The van der Waals surface area contributed by atoms with Gasteiger partial charge in [0, 0.05) is 12.1 Å². The molecule has 116 valence electrons. The molecule has 3 nitrogen and oxygen atoms in total. The summed E-state index contributed by atoms with van der Waals surface area (Å²) in [5.41, 5.74) is 5.43. The zero-order chi connectivity index (χ0) is 15.8. The smallest absolute Gasteiger partial charge is 0.369 e. The van der Waals surface area contributed by atoms with E-state index in [0.29, 0.717) is 5.56 Å². The number of hydrogen-bond acceptors (Lipinski definition) is 2. The highest BCUT2D eigenvalue weighted by Crippen LogP contribution is 2.37. The Kier molecular flexibility index (Phi) is 4.27. The molecule has 1 aromatic carbocycles. The number of primary amides is 1. The number of rotatable bonds is 2. The summed E-state index contributed by atoms with van der Waals surface area (Å²) >= 11 is 0. The molecular formula is C15H19F3N2O. The second kappa shape index (κ2) is 5.67. The first-order valence-electron chi connectivity index (χ1n) is 6.92. The normalized spacial score (nSPS) is 30.1. The lowest BCUT2D eigenvalue weighted by molar-refractivity contribution is -0.137. The molecule has 0 bridgehead atoms. The molecule has 0 saturated carbocycles. The van der Waals surface area contributed by atoms with Crippen molar-refractivity contribution in [2.24, 2.45) is 17.6 Å². The molecule has 4 unspecified atom stereocenters. The molecule has 1 aliphatic rings. The first-order valence-corrected chi connectivity index (χ1v) is 6.92. The Balaban J connectivity index is 2.31. The Labute approximate surface area is 121 Å². The van der Waals surface area contributed by atoms with Gasteiger partial charge in [-0.25, -0.2) is 0 Å². The average molecular weight is 300 g/mol. The van der Waals surface area contributed by atoms with Crippen molar-refractivity contribution in [3.63, 3.8) is 0 Å². The van der Waals surface area contributed by atoms with Crippen LogP contribution in [0.5, 0.6) is 0 Å². The van der Waals surface area contributed by atoms with Gasteiger partial charge in [-0.3, -0.25) is 4.79 Å². The second-order valence-corrected chi connectivity index (χ2v) is 5.81. The molecule has 1 heterocycles. The SMILES string of the molecule is CC1CC(C)C(C(N)=O)C(c2ccc(C(F)(F)F)cc2)N1. The lowest BCUT2D eigenvalue weighted by Gasteiger charge is -2.39. The van der Waals surface area contributed by atoms with Gasteiger partial charge in [-0.15, -0.1) is 0 Å². The minimum Gasteiger partial charge on any atom is -0.369 e. The van der Waals surface area contributed by atoms with E-state index >= 15 is 0 Å². The predicted octanol–water partition coefficient (Wildman–Crippen LogP) is 2.87. The van der Waals surface area contributed by atoms with Gasteiger partial charge in [0.25, 0.3) is 0 Å². The van der Waals surface area contributed by atoms with Gasteiger partial charge in [-0.05, 0) is 37.0 Å². The van der Waals surface area contributed by atoms with E-state index in [1.807, 2.05) is 13.8 Å². The van der Waals surface area contributed by atoms with Crippen LogP contribution >= 0.6 is 0 Å². The largest absolute Gasteiger partial charge is 0.416 e. The molecule has 1 fully saturated rings. The lowest BCUT2D eigenvalue weighted by atomic mass is 9.76. The van der Waals surface area contributed by atoms with Gasteiger partial charge in [-0.1, -0.05) is 19.1 Å². The Morgan fingerprint density at radius 3 is 2.29 bits per heavy atom. The highest BCUT2D eigenvalue weighted by Gasteiger charge is 2.38. The summed E-state index contributed by atoms with van der Waals surface area (Å²) in [6.45, 7) is 3.94. The van der Waals surface area contributed by atoms with Crippen molar-refractivity contribution in [2.45, 2.75) is 38.5 Å². The number of carbonyl (C=O) groups is 1. The number of benzene rings is 1. The summed E-state index contributed by atoms with van der Waals surface area (Å²) in [6, 6.07) is 4.76. The third-order valence-electron chi connectivity index (χ3n) is 4.09. The summed E-state index contributed by atoms with van der Waals surface area (Å²) in [4.78, 5) is 11.7. The Morgan fingerprint density at radius 1 is 1.24 bits per heavy atom. The maximum Gasteiger partial charge on any atom is 0.416 e. The minimum absolute atomic E-state index is 0.0889. The second-order valence-electron chi connectivity index (χ2n) is 5.81. The number of piperidine rings is 1. The molecule has 1 amide bonds. The average Bonchev–Trinajstić information content (AvgIpc) is 2.36. The van der Waals surface area contributed by atoms with E-state index in [0.717, 1.165) is 18.6 Å². The van der Waals surface area contributed by atoms with Gasteiger partial charge in [-0.2, -0.15) is 13.2 Å². The number of nitrogens with two attached hydrogens (primary N) is 1. The van der Waals surface area contributed by atoms with Crippen LogP contribution in [0.15, 0.2) is 24.3 Å². The molecule has 21 heavy (non-hydrogen) atoms. The molecular weight excluding hydrogens is 281 g/mol. The van der Waals surface area contributed by atoms with Gasteiger partial charge in [0.15, 0.2) is 0 Å². The van der Waals surface area contributed by atoms with Gasteiger partial charge in [0.05, 0.1) is 11.5 Å². The van der Waals surface area contributed by atoms with E-state index < -0.39 is 23.6 Å². The minimum atomic E-state index is -4.36. The highest BCUT2D eigenvalue weighted by molar-refractivity contribution is 5.78. The topological polar surface area (TPSA) is 55.1 Å². The molecule has 1 saturated heterocycles. The van der Waals surface area contributed by atoms with Gasteiger partial charge in [0.2, 0.25) is 5.91 Å². The quantitative estimate of drug-likeness (QED) is 0.882. The monoisotopic (exact) mass is 300 g/mol. The Hall–Kier alpha value is -1.56. The van der Waals surface area contributed by atoms with Crippen LogP contribution in [0, 0.1) is 11.8 Å². The first kappa shape index (κ1) is 15.8. The molecule has 1 aliphatic heterocycles. The van der Waals surface area contributed by atoms with E-state index in [2.05, 4.69) is 5.32 Å². The molecule has 0 radical (unpaired) electrons. The standard InChI is InChI=1S/C15H19F3N2O/c1-8-7-9(2)20-13(12(8)14(19)21)10-3-5-11(6-4-10)15(16,17)18/h3-6,8-9,12-13,20H,7H2,1-2H3,(H2,19,21). The van der Waals surface area contributed by atoms with Crippen molar-refractivity contribution in [2.75, 3.05) is 0 Å². The van der Waals surface area contributed by atoms with Crippen LogP contribution in [0.1, 0.15) is 37.4 Å². The van der Waals surface area contributed by atoms with Crippen molar-refractivity contribution < 1.29 is 18.0 Å². The summed E-state index contributed by atoms with van der Waals surface area (Å²) in [5.74, 6) is -0.754. The molecule has 0 spiro atoms. The number of amides is 1. The van der Waals surface area contributed by atoms with Crippen molar-refractivity contribution in [1.82, 2.24) is 5.32 Å². The molecule has 6 heteroatoms. The van der Waals surface area contributed by atoms with Crippen LogP contribution in [0.3, 0.4) is 0 Å². The Bertz CT molecular complexity index is 513. The van der Waals surface area contributed by atoms with Crippen LogP contribution in [0.4, 0.5) is 13.2 Å². The molecule has 0 aliphatic carbocycles. The first-order chi connectivity index (χ1) is 9.70. The summed E-state index contributed by atoms with van der Waals surface area (Å²) in [7, 11) is 0. The van der Waals surface area contributed by atoms with Crippen molar-refractivity contribution >= 4 is 5.91 Å². The van der Waals surface area contributed by atoms with E-state index in [1.165, 1.54) is 12.1 Å². The lowest BCUT2D eigenvalue weighted by Crippen LogP contribution is -2.49. The summed E-state index contributed by atoms with van der Waals surface area (Å²) < 4.78 is 37.8. The van der Waals surface area contributed by atoms with Crippen LogP contribution in [-0.4, -0.2) is 11.9 Å². The zero-order valence-electron chi connectivity index (χ0n) is 11.9. The third kappa shape index (κ3) is 3.37. The molecule has 1 aromatic rings. The zero-order valence-corrected chi connectivity index (χ0v) is 11.9. The molecule has 3 N–H and O–H groups in total. The molecule has 2 rings (SSSR count). The maximum atomic E-state index is 12.6. The van der Waals surface area contributed by atoms with E-state index in [-0.39, 0.29) is 18.0 Å². The van der Waals surface area contributed by atoms with Gasteiger partial charge in [0.1, 0.15) is 0 Å². The van der Waals surface area contributed by atoms with E-state index in [4.69, 9.17) is 5.73 Å². The molecule has 4 atom stereocenters. The van der Waals surface area contributed by atoms with Crippen molar-refractivity contribution in [1.29, 1.82) is 0 Å². The Morgan fingerprint density at radius 2 is 1.81 bits per heavy atom. The molecule has 0 aromatic heterocycles. The maximum absolute atomic E-state index is 12.6. The number of hydrogen-bond donors (Lipinski definition) is 2. The fourth-order valence-corrected chi connectivity index (χ4v) is 3.14. The van der Waals surface area contributed by atoms with Crippen LogP contribution in [0.25, 0.3) is 0 Å². The fourth-order valence-electron chi connectivity index (χ4n) is 3.14. The van der Waals surface area contributed by atoms with Crippen LogP contribution < -0.4 is 11.1 Å². The fraction of sp³-hybridized carbons (Fsp3) is 0.533. The third-order valence-corrected chi connectivity index (χ3v) is 4.09.